The molecule has 1 aliphatic carbocycles. The molecule has 0 bridgehead atoms. The fourth-order valence-electron chi connectivity index (χ4n) is 5.97. The van der Waals surface area contributed by atoms with Crippen molar-refractivity contribution >= 4 is 22.8 Å². The predicted molar refractivity (Wildman–Crippen MR) is 126 cm³/mol. The number of fused-ring (bicyclic) bond motifs is 5. The Hall–Kier alpha value is -3.59. The second kappa shape index (κ2) is 7.71. The van der Waals surface area contributed by atoms with E-state index in [9.17, 15) is 18.8 Å². The molecule has 3 N–H and O–H groups in total. The minimum Gasteiger partial charge on any atom is -0.460 e. The molecule has 0 fully saturated rings. The number of nitrogens with two attached hydrogens (primary N) is 1. The van der Waals surface area contributed by atoms with Crippen LogP contribution in [0.5, 0.6) is 0 Å². The number of hydrogen-bond donors (Lipinski definition) is 2. The van der Waals surface area contributed by atoms with E-state index in [2.05, 4.69) is 5.32 Å². The van der Waals surface area contributed by atoms with Crippen molar-refractivity contribution in [3.8, 4) is 11.4 Å². The summed E-state index contributed by atoms with van der Waals surface area (Å²) in [6, 6.07) is 2.97. The van der Waals surface area contributed by atoms with Gasteiger partial charge in [-0.2, -0.15) is 0 Å². The van der Waals surface area contributed by atoms with Crippen LogP contribution in [0.3, 0.4) is 0 Å². The zero-order valence-corrected chi connectivity index (χ0v) is 19.5. The summed E-state index contributed by atoms with van der Waals surface area (Å²) in [5.74, 6) is -1.45. The second-order valence-corrected chi connectivity index (χ2v) is 9.49. The number of carbonyl (C=O) groups excluding carboxylic acids is 2. The SMILES string of the molecule is CCC1C(=O)OCc2c1cc1n(c2=O)Cc2c-1nc1cc(F)c(C)c3c1c2C(NC(=O)CN)CC3. The quantitative estimate of drug-likeness (QED) is 0.439. The molecule has 3 aromatic rings. The number of esters is 1. The van der Waals surface area contributed by atoms with Crippen LogP contribution in [-0.2, 0) is 33.9 Å². The van der Waals surface area contributed by atoms with Crippen LogP contribution >= 0.6 is 0 Å². The number of aromatic nitrogens is 2. The van der Waals surface area contributed by atoms with Gasteiger partial charge in [0.1, 0.15) is 12.4 Å². The number of rotatable bonds is 3. The van der Waals surface area contributed by atoms with Crippen molar-refractivity contribution in [1.29, 1.82) is 0 Å². The van der Waals surface area contributed by atoms with Gasteiger partial charge in [0.25, 0.3) is 5.56 Å². The van der Waals surface area contributed by atoms with Crippen molar-refractivity contribution < 1.29 is 18.7 Å². The average Bonchev–Trinajstić information content (AvgIpc) is 3.21. The van der Waals surface area contributed by atoms with Gasteiger partial charge in [-0.3, -0.25) is 14.4 Å². The van der Waals surface area contributed by atoms with Gasteiger partial charge in [-0.25, -0.2) is 9.37 Å². The minimum absolute atomic E-state index is 0.0495. The third kappa shape index (κ3) is 3.00. The summed E-state index contributed by atoms with van der Waals surface area (Å²) < 4.78 is 21.8. The molecular weight excluding hydrogens is 451 g/mol. The monoisotopic (exact) mass is 476 g/mol. The maximum absolute atomic E-state index is 14.9. The molecule has 9 heteroatoms. The van der Waals surface area contributed by atoms with Crippen LogP contribution in [0.4, 0.5) is 4.39 Å². The maximum atomic E-state index is 14.9. The van der Waals surface area contributed by atoms with Crippen LogP contribution in [0.25, 0.3) is 22.3 Å². The predicted octanol–water partition coefficient (Wildman–Crippen LogP) is 2.49. The van der Waals surface area contributed by atoms with Crippen molar-refractivity contribution in [2.24, 2.45) is 5.73 Å². The van der Waals surface area contributed by atoms with Crippen LogP contribution in [0.2, 0.25) is 0 Å². The Labute approximate surface area is 200 Å². The lowest BCUT2D eigenvalue weighted by Crippen LogP contribution is -2.36. The molecule has 180 valence electrons. The number of cyclic esters (lactones) is 1. The van der Waals surface area contributed by atoms with Gasteiger partial charge in [-0.1, -0.05) is 6.92 Å². The Balaban J connectivity index is 1.65. The molecule has 0 spiro atoms. The minimum atomic E-state index is -0.511. The van der Waals surface area contributed by atoms with E-state index in [4.69, 9.17) is 15.5 Å². The summed E-state index contributed by atoms with van der Waals surface area (Å²) in [6.45, 7) is 3.74. The second-order valence-electron chi connectivity index (χ2n) is 9.49. The Morgan fingerprint density at radius 3 is 2.83 bits per heavy atom. The molecule has 2 atom stereocenters. The summed E-state index contributed by atoms with van der Waals surface area (Å²) in [7, 11) is 0. The molecule has 2 aliphatic heterocycles. The standard InChI is InChI=1S/C26H25FN4O4/c1-3-12-14-6-20-24-15(9-31(20)25(33)16(14)10-35-26(12)34)23-18(29-21(32)8-28)5-4-13-11(2)17(27)7-19(30-24)22(13)23/h6-7,12,18H,3-5,8-10,28H2,1-2H3,(H,29,32). The topological polar surface area (TPSA) is 116 Å². The summed E-state index contributed by atoms with van der Waals surface area (Å²) in [6.07, 6.45) is 1.71. The normalized spacial score (nSPS) is 19.7. The van der Waals surface area contributed by atoms with E-state index >= 15 is 0 Å². The molecule has 35 heavy (non-hydrogen) atoms. The Bertz CT molecular complexity index is 1530. The lowest BCUT2D eigenvalue weighted by Gasteiger charge is -2.29. The highest BCUT2D eigenvalue weighted by Crippen LogP contribution is 2.45. The number of benzene rings is 1. The molecule has 0 saturated carbocycles. The number of amides is 1. The molecule has 2 aromatic heterocycles. The summed E-state index contributed by atoms with van der Waals surface area (Å²) in [4.78, 5) is 43.0. The first-order valence-electron chi connectivity index (χ1n) is 11.9. The number of nitrogens with one attached hydrogen (secondary N) is 1. The number of pyridine rings is 2. The largest absolute Gasteiger partial charge is 0.460 e. The van der Waals surface area contributed by atoms with Crippen LogP contribution in [0, 0.1) is 12.7 Å². The molecule has 1 amide bonds. The van der Waals surface area contributed by atoms with E-state index in [0.717, 1.165) is 22.1 Å². The van der Waals surface area contributed by atoms with E-state index in [-0.39, 0.29) is 49.0 Å². The van der Waals surface area contributed by atoms with E-state index in [1.165, 1.54) is 6.07 Å². The van der Waals surface area contributed by atoms with E-state index < -0.39 is 5.92 Å². The highest BCUT2D eigenvalue weighted by atomic mass is 19.1. The van der Waals surface area contributed by atoms with Crippen LogP contribution in [0.15, 0.2) is 16.9 Å². The van der Waals surface area contributed by atoms with Gasteiger partial charge < -0.3 is 20.4 Å². The van der Waals surface area contributed by atoms with E-state index in [0.29, 0.717) is 52.9 Å². The number of carbonyl (C=O) groups is 2. The van der Waals surface area contributed by atoms with Gasteiger partial charge in [0, 0.05) is 17.0 Å². The zero-order chi connectivity index (χ0) is 24.6. The first kappa shape index (κ1) is 21.9. The number of ether oxygens (including phenoxy) is 1. The van der Waals surface area contributed by atoms with Crippen molar-refractivity contribution in [2.45, 2.75) is 58.2 Å². The number of aryl methyl sites for hydroxylation is 1. The van der Waals surface area contributed by atoms with E-state index in [1.807, 2.05) is 13.0 Å². The van der Waals surface area contributed by atoms with Crippen molar-refractivity contribution in [3.63, 3.8) is 0 Å². The molecule has 4 heterocycles. The fraction of sp³-hybridized carbons (Fsp3) is 0.385. The molecule has 8 nitrogen and oxygen atoms in total. The summed E-state index contributed by atoms with van der Waals surface area (Å²) in [5, 5.41) is 3.85. The van der Waals surface area contributed by atoms with Gasteiger partial charge in [-0.15, -0.1) is 0 Å². The third-order valence-electron chi connectivity index (χ3n) is 7.72. The Kier molecular flexibility index (Phi) is 4.83. The van der Waals surface area contributed by atoms with Crippen molar-refractivity contribution in [2.75, 3.05) is 6.54 Å². The highest BCUT2D eigenvalue weighted by Gasteiger charge is 2.37. The number of halogens is 1. The first-order chi connectivity index (χ1) is 16.8. The molecule has 6 rings (SSSR count). The van der Waals surface area contributed by atoms with Crippen LogP contribution in [-0.4, -0.2) is 28.0 Å². The third-order valence-corrected chi connectivity index (χ3v) is 7.72. The lowest BCUT2D eigenvalue weighted by molar-refractivity contribution is -0.148. The molecule has 3 aliphatic rings. The van der Waals surface area contributed by atoms with Gasteiger partial charge in [-0.05, 0) is 54.5 Å². The highest BCUT2D eigenvalue weighted by molar-refractivity contribution is 5.93. The van der Waals surface area contributed by atoms with Crippen LogP contribution in [0.1, 0.15) is 65.1 Å². The molecular formula is C26H25FN4O4. The molecule has 2 unspecified atom stereocenters. The smallest absolute Gasteiger partial charge is 0.313 e. The fourth-order valence-corrected chi connectivity index (χ4v) is 5.97. The number of hydrogen-bond acceptors (Lipinski definition) is 6. The lowest BCUT2D eigenvalue weighted by atomic mass is 9.81. The zero-order valence-electron chi connectivity index (χ0n) is 19.5. The van der Waals surface area contributed by atoms with Crippen molar-refractivity contribution in [3.05, 3.63) is 61.7 Å². The average molecular weight is 477 g/mol. The molecule has 1 aromatic carbocycles. The van der Waals surface area contributed by atoms with Gasteiger partial charge in [0.15, 0.2) is 0 Å². The van der Waals surface area contributed by atoms with Gasteiger partial charge in [0.05, 0.1) is 47.5 Å². The summed E-state index contributed by atoms with van der Waals surface area (Å²) in [5.41, 5.74) is 11.4. The van der Waals surface area contributed by atoms with Crippen LogP contribution < -0.4 is 16.6 Å². The Morgan fingerprint density at radius 2 is 2.09 bits per heavy atom. The molecule has 0 radical (unpaired) electrons. The first-order valence-corrected chi connectivity index (χ1v) is 11.9. The maximum Gasteiger partial charge on any atom is 0.313 e. The van der Waals surface area contributed by atoms with Crippen molar-refractivity contribution in [1.82, 2.24) is 14.9 Å². The number of nitrogens with zero attached hydrogens (tertiary/aromatic N) is 2. The van der Waals surface area contributed by atoms with E-state index in [1.54, 1.807) is 11.5 Å². The molecule has 0 saturated heterocycles. The summed E-state index contributed by atoms with van der Waals surface area (Å²) >= 11 is 0. The van der Waals surface area contributed by atoms with Gasteiger partial charge in [0.2, 0.25) is 5.91 Å². The Morgan fingerprint density at radius 1 is 1.29 bits per heavy atom. The van der Waals surface area contributed by atoms with Gasteiger partial charge >= 0.3 is 5.97 Å².